The lowest BCUT2D eigenvalue weighted by atomic mass is 9.46. The number of fused-ring (bicyclic) bond motifs is 5. The van der Waals surface area contributed by atoms with Gasteiger partial charge in [0.05, 0.1) is 12.2 Å². The van der Waals surface area contributed by atoms with Gasteiger partial charge in [0.15, 0.2) is 0 Å². The largest absolute Gasteiger partial charge is 0.393 e. The van der Waals surface area contributed by atoms with Crippen molar-refractivity contribution in [2.24, 2.45) is 46.3 Å². The molecule has 3 fully saturated rings. The Morgan fingerprint density at radius 2 is 1.72 bits per heavy atom. The molecule has 4 aliphatic rings. The van der Waals surface area contributed by atoms with Gasteiger partial charge in [-0.05, 0) is 91.3 Å². The van der Waals surface area contributed by atoms with Crippen molar-refractivity contribution in [3.8, 4) is 0 Å². The van der Waals surface area contributed by atoms with E-state index in [1.165, 1.54) is 50.5 Å². The van der Waals surface area contributed by atoms with Crippen molar-refractivity contribution in [1.29, 1.82) is 0 Å². The van der Waals surface area contributed by atoms with Crippen LogP contribution in [0, 0.1) is 46.3 Å². The second-order valence-electron chi connectivity index (χ2n) is 12.3. The third-order valence-corrected chi connectivity index (χ3v) is 10.3. The molecule has 2 heteroatoms. The van der Waals surface area contributed by atoms with E-state index in [0.29, 0.717) is 23.2 Å². The lowest BCUT2D eigenvalue weighted by Crippen LogP contribution is -2.54. The fraction of sp³-hybridized carbons (Fsp3) is 0.926. The predicted molar refractivity (Wildman–Crippen MR) is 120 cm³/mol. The minimum Gasteiger partial charge on any atom is -0.393 e. The Balaban J connectivity index is 1.54. The lowest BCUT2D eigenvalue weighted by Gasteiger charge is -2.59. The monoisotopic (exact) mass is 402 g/mol. The van der Waals surface area contributed by atoms with Gasteiger partial charge in [-0.15, -0.1) is 0 Å². The Bertz CT molecular complexity index is 624. The Kier molecular flexibility index (Phi) is 6.01. The molecule has 4 aliphatic carbocycles. The van der Waals surface area contributed by atoms with Crippen LogP contribution in [-0.4, -0.2) is 22.4 Å². The van der Waals surface area contributed by atoms with E-state index in [0.717, 1.165) is 37.0 Å². The maximum atomic E-state index is 11.3. The Hall–Kier alpha value is -0.340. The Morgan fingerprint density at radius 1 is 0.966 bits per heavy atom. The van der Waals surface area contributed by atoms with E-state index in [2.05, 4.69) is 40.7 Å². The molecule has 0 saturated heterocycles. The zero-order valence-electron chi connectivity index (χ0n) is 19.7. The summed E-state index contributed by atoms with van der Waals surface area (Å²) in [7, 11) is 0. The maximum Gasteiger partial charge on any atom is 0.0757 e. The maximum absolute atomic E-state index is 11.3. The molecule has 0 heterocycles. The molecule has 0 aromatic rings. The van der Waals surface area contributed by atoms with Crippen molar-refractivity contribution < 1.29 is 10.2 Å². The second kappa shape index (κ2) is 7.97. The quantitative estimate of drug-likeness (QED) is 0.525. The average molecular weight is 403 g/mol. The van der Waals surface area contributed by atoms with Crippen LogP contribution >= 0.6 is 0 Å². The molecule has 29 heavy (non-hydrogen) atoms. The van der Waals surface area contributed by atoms with Gasteiger partial charge >= 0.3 is 0 Å². The SMILES string of the molecule is CC(C)CCC[C@@H](C)[C@H]1CC[C@H]2[C@@H]3[C@H](O)C=C4C[C@H](O)CC[C@]4(C)[C@H]3CC[C@]12C. The molecular weight excluding hydrogens is 356 g/mol. The zero-order chi connectivity index (χ0) is 21.0. The van der Waals surface area contributed by atoms with Crippen molar-refractivity contribution in [1.82, 2.24) is 0 Å². The summed E-state index contributed by atoms with van der Waals surface area (Å²) >= 11 is 0. The van der Waals surface area contributed by atoms with Gasteiger partial charge < -0.3 is 10.2 Å². The van der Waals surface area contributed by atoms with Crippen LogP contribution in [0.4, 0.5) is 0 Å². The topological polar surface area (TPSA) is 40.5 Å². The van der Waals surface area contributed by atoms with E-state index in [1.807, 2.05) is 0 Å². The highest BCUT2D eigenvalue weighted by Gasteiger charge is 2.61. The summed E-state index contributed by atoms with van der Waals surface area (Å²) in [6, 6.07) is 0. The fourth-order valence-corrected chi connectivity index (χ4v) is 8.65. The smallest absolute Gasteiger partial charge is 0.0757 e. The third kappa shape index (κ3) is 3.65. The van der Waals surface area contributed by atoms with Gasteiger partial charge in [-0.25, -0.2) is 0 Å². The van der Waals surface area contributed by atoms with Crippen LogP contribution in [0.5, 0.6) is 0 Å². The summed E-state index contributed by atoms with van der Waals surface area (Å²) in [5, 5.41) is 21.5. The van der Waals surface area contributed by atoms with Crippen LogP contribution in [0.1, 0.15) is 98.8 Å². The van der Waals surface area contributed by atoms with E-state index in [4.69, 9.17) is 0 Å². The van der Waals surface area contributed by atoms with E-state index < -0.39 is 0 Å². The molecule has 166 valence electrons. The number of aliphatic hydroxyl groups excluding tert-OH is 2. The van der Waals surface area contributed by atoms with Crippen molar-refractivity contribution in [3.63, 3.8) is 0 Å². The Morgan fingerprint density at radius 3 is 2.45 bits per heavy atom. The normalized spacial score (nSPS) is 47.9. The molecule has 2 nitrogen and oxygen atoms in total. The highest BCUT2D eigenvalue weighted by Crippen LogP contribution is 2.67. The highest BCUT2D eigenvalue weighted by molar-refractivity contribution is 5.27. The van der Waals surface area contributed by atoms with Crippen LogP contribution in [0.3, 0.4) is 0 Å². The van der Waals surface area contributed by atoms with E-state index in [9.17, 15) is 10.2 Å². The second-order valence-corrected chi connectivity index (χ2v) is 12.3. The van der Waals surface area contributed by atoms with Gasteiger partial charge in [-0.3, -0.25) is 0 Å². The number of hydrogen-bond acceptors (Lipinski definition) is 2. The summed E-state index contributed by atoms with van der Waals surface area (Å²) in [4.78, 5) is 0. The molecule has 0 aromatic carbocycles. The summed E-state index contributed by atoms with van der Waals surface area (Å²) in [5.74, 6) is 4.18. The minimum atomic E-state index is -0.298. The van der Waals surface area contributed by atoms with Crippen LogP contribution in [0.2, 0.25) is 0 Å². The first-order valence-corrected chi connectivity index (χ1v) is 12.7. The average Bonchev–Trinajstić information content (AvgIpc) is 3.00. The molecule has 0 aromatic heterocycles. The summed E-state index contributed by atoms with van der Waals surface area (Å²) in [6.07, 6.45) is 13.9. The molecule has 0 amide bonds. The first-order chi connectivity index (χ1) is 13.7. The first-order valence-electron chi connectivity index (χ1n) is 12.7. The van der Waals surface area contributed by atoms with Gasteiger partial charge in [-0.1, -0.05) is 65.5 Å². The van der Waals surface area contributed by atoms with Crippen LogP contribution < -0.4 is 0 Å². The molecule has 3 saturated carbocycles. The lowest BCUT2D eigenvalue weighted by molar-refractivity contribution is -0.0970. The van der Waals surface area contributed by atoms with Crippen molar-refractivity contribution in [2.75, 3.05) is 0 Å². The standard InChI is InChI=1S/C27H46O2/c1-17(2)7-6-8-18(3)21-9-10-22-25-23(12-14-27(21,22)5)26(4)13-11-20(28)15-19(26)16-24(25)29/h16-18,20-25,28-29H,6-15H2,1-5H3/t18-,20-,21-,22+,23+,24-,25+,26+,27-/m1/s1. The summed E-state index contributed by atoms with van der Waals surface area (Å²) in [5.41, 5.74) is 1.99. The van der Waals surface area contributed by atoms with Gasteiger partial charge in [0, 0.05) is 0 Å². The fourth-order valence-electron chi connectivity index (χ4n) is 8.65. The van der Waals surface area contributed by atoms with Crippen LogP contribution in [0.15, 0.2) is 11.6 Å². The molecule has 0 radical (unpaired) electrons. The molecule has 0 unspecified atom stereocenters. The van der Waals surface area contributed by atoms with Crippen LogP contribution in [0.25, 0.3) is 0 Å². The third-order valence-electron chi connectivity index (χ3n) is 10.3. The summed E-state index contributed by atoms with van der Waals surface area (Å²) < 4.78 is 0. The van der Waals surface area contributed by atoms with Gasteiger partial charge in [0.1, 0.15) is 0 Å². The van der Waals surface area contributed by atoms with Crippen LogP contribution in [-0.2, 0) is 0 Å². The highest BCUT2D eigenvalue weighted by atomic mass is 16.3. The van der Waals surface area contributed by atoms with Crippen molar-refractivity contribution in [3.05, 3.63) is 11.6 Å². The van der Waals surface area contributed by atoms with Crippen molar-refractivity contribution >= 4 is 0 Å². The molecular formula is C27H46O2. The minimum absolute atomic E-state index is 0.200. The first kappa shape index (κ1) is 21.9. The molecule has 0 bridgehead atoms. The van der Waals surface area contributed by atoms with Crippen molar-refractivity contribution in [2.45, 2.75) is 111 Å². The van der Waals surface area contributed by atoms with Gasteiger partial charge in [0.25, 0.3) is 0 Å². The van der Waals surface area contributed by atoms with E-state index >= 15 is 0 Å². The van der Waals surface area contributed by atoms with Gasteiger partial charge in [-0.2, -0.15) is 0 Å². The number of rotatable bonds is 5. The molecule has 2 N–H and O–H groups in total. The molecule has 9 atom stereocenters. The van der Waals surface area contributed by atoms with Gasteiger partial charge in [0.2, 0.25) is 0 Å². The number of aliphatic hydroxyl groups is 2. The molecule has 4 rings (SSSR count). The zero-order valence-corrected chi connectivity index (χ0v) is 19.7. The number of hydrogen-bond donors (Lipinski definition) is 2. The van der Waals surface area contributed by atoms with E-state index in [-0.39, 0.29) is 17.6 Å². The van der Waals surface area contributed by atoms with E-state index in [1.54, 1.807) is 0 Å². The molecule has 0 spiro atoms. The molecule has 0 aliphatic heterocycles. The Labute approximate surface area is 179 Å². The predicted octanol–water partition coefficient (Wildman–Crippen LogP) is 6.36. The summed E-state index contributed by atoms with van der Waals surface area (Å²) in [6.45, 7) is 12.2.